The van der Waals surface area contributed by atoms with E-state index < -0.39 is 0 Å². The minimum atomic E-state index is 0.562. The maximum Gasteiger partial charge on any atom is 0.0951 e. The average Bonchev–Trinajstić information content (AvgIpc) is 2.72. The minimum Gasteiger partial charge on any atom is -0.330 e. The Morgan fingerprint density at radius 1 is 1.33 bits per heavy atom. The predicted molar refractivity (Wildman–Crippen MR) is 65.3 cm³/mol. The molecule has 1 heterocycles. The Hall–Kier alpha value is -0.500. The van der Waals surface area contributed by atoms with Crippen LogP contribution in [0.2, 0.25) is 0 Å². The first-order chi connectivity index (χ1) is 7.33. The van der Waals surface area contributed by atoms with E-state index >= 15 is 0 Å². The van der Waals surface area contributed by atoms with Gasteiger partial charge in [0.1, 0.15) is 0 Å². The molecule has 2 nitrogen and oxygen atoms in total. The molecule has 0 saturated heterocycles. The molecule has 15 heavy (non-hydrogen) atoms. The lowest BCUT2D eigenvalue weighted by atomic mass is 10.0. The quantitative estimate of drug-likeness (QED) is 0.641. The fraction of sp³-hybridized carbons (Fsp3) is 0.750. The van der Waals surface area contributed by atoms with Crippen molar-refractivity contribution in [1.82, 2.24) is 9.55 Å². The largest absolute Gasteiger partial charge is 0.330 e. The molecule has 3 heteroatoms. The molecular weight excluding hydrogens is 208 g/mol. The summed E-state index contributed by atoms with van der Waals surface area (Å²) in [6, 6.07) is 0.589. The second kappa shape index (κ2) is 6.89. The number of unbranched alkanes of at least 4 members (excludes halogenated alkanes) is 1. The van der Waals surface area contributed by atoms with Gasteiger partial charge in [-0.1, -0.05) is 33.1 Å². The van der Waals surface area contributed by atoms with Crippen molar-refractivity contribution in [3.05, 3.63) is 18.2 Å². The van der Waals surface area contributed by atoms with Gasteiger partial charge in [-0.2, -0.15) is 0 Å². The van der Waals surface area contributed by atoms with Crippen LogP contribution in [0.5, 0.6) is 0 Å². The molecule has 0 N–H and O–H groups in total. The highest BCUT2D eigenvalue weighted by Crippen LogP contribution is 2.23. The van der Waals surface area contributed by atoms with Gasteiger partial charge >= 0.3 is 0 Å². The highest BCUT2D eigenvalue weighted by Gasteiger charge is 2.12. The Kier molecular flexibility index (Phi) is 5.77. The number of aromatic nitrogens is 2. The zero-order chi connectivity index (χ0) is 11.1. The third-order valence-electron chi connectivity index (χ3n) is 2.79. The van der Waals surface area contributed by atoms with Crippen molar-refractivity contribution in [2.45, 2.75) is 57.9 Å². The number of alkyl halides is 1. The molecule has 1 rings (SSSR count). The first kappa shape index (κ1) is 12.6. The van der Waals surface area contributed by atoms with E-state index in [4.69, 9.17) is 11.6 Å². The summed E-state index contributed by atoms with van der Waals surface area (Å²) in [6.07, 6.45) is 10.0. The molecule has 1 aromatic heterocycles. The van der Waals surface area contributed by atoms with E-state index in [2.05, 4.69) is 23.4 Å². The number of hydrogen-bond acceptors (Lipinski definition) is 1. The SMILES string of the molecule is CCCCC(CCC)n1cncc1CCl. The number of rotatable bonds is 7. The summed E-state index contributed by atoms with van der Waals surface area (Å²) in [5.74, 6) is 0.562. The van der Waals surface area contributed by atoms with E-state index in [1.165, 1.54) is 32.1 Å². The number of hydrogen-bond donors (Lipinski definition) is 0. The van der Waals surface area contributed by atoms with E-state index in [9.17, 15) is 0 Å². The van der Waals surface area contributed by atoms with Crippen LogP contribution in [0.15, 0.2) is 12.5 Å². The first-order valence-corrected chi connectivity index (χ1v) is 6.43. The Labute approximate surface area is 97.7 Å². The van der Waals surface area contributed by atoms with Crippen LogP contribution < -0.4 is 0 Å². The molecule has 0 radical (unpaired) electrons. The lowest BCUT2D eigenvalue weighted by Crippen LogP contribution is -2.10. The van der Waals surface area contributed by atoms with E-state index in [0.717, 1.165) is 5.69 Å². The summed E-state index contributed by atoms with van der Waals surface area (Å²) < 4.78 is 2.26. The number of halogens is 1. The lowest BCUT2D eigenvalue weighted by molar-refractivity contribution is 0.410. The maximum absolute atomic E-state index is 5.89. The van der Waals surface area contributed by atoms with Crippen LogP contribution in [0.1, 0.15) is 57.7 Å². The lowest BCUT2D eigenvalue weighted by Gasteiger charge is -2.19. The van der Waals surface area contributed by atoms with Crippen molar-refractivity contribution in [3.8, 4) is 0 Å². The van der Waals surface area contributed by atoms with Crippen molar-refractivity contribution in [1.29, 1.82) is 0 Å². The Bertz CT molecular complexity index is 270. The molecule has 86 valence electrons. The summed E-state index contributed by atoms with van der Waals surface area (Å²) in [5, 5.41) is 0. The molecule has 0 aliphatic rings. The summed E-state index contributed by atoms with van der Waals surface area (Å²) in [7, 11) is 0. The molecule has 0 spiro atoms. The van der Waals surface area contributed by atoms with Crippen molar-refractivity contribution in [2.75, 3.05) is 0 Å². The van der Waals surface area contributed by atoms with E-state index in [1.54, 1.807) is 0 Å². The third-order valence-corrected chi connectivity index (χ3v) is 3.06. The van der Waals surface area contributed by atoms with Gasteiger partial charge in [-0.25, -0.2) is 4.98 Å². The zero-order valence-electron chi connectivity index (χ0n) is 9.75. The second-order valence-corrected chi connectivity index (χ2v) is 4.28. The van der Waals surface area contributed by atoms with Crippen LogP contribution in [0, 0.1) is 0 Å². The van der Waals surface area contributed by atoms with Crippen molar-refractivity contribution < 1.29 is 0 Å². The third kappa shape index (κ3) is 3.53. The van der Waals surface area contributed by atoms with Gasteiger partial charge < -0.3 is 4.57 Å². The Morgan fingerprint density at radius 2 is 2.13 bits per heavy atom. The fourth-order valence-electron chi connectivity index (χ4n) is 1.96. The number of imidazole rings is 1. The topological polar surface area (TPSA) is 17.8 Å². The molecular formula is C12H21ClN2. The minimum absolute atomic E-state index is 0.562. The van der Waals surface area contributed by atoms with Crippen LogP contribution in [-0.4, -0.2) is 9.55 Å². The van der Waals surface area contributed by atoms with Gasteiger partial charge in [-0.15, -0.1) is 11.6 Å². The molecule has 0 saturated carbocycles. The molecule has 0 aliphatic carbocycles. The van der Waals surface area contributed by atoms with E-state index in [-0.39, 0.29) is 0 Å². The highest BCUT2D eigenvalue weighted by atomic mass is 35.5. The van der Waals surface area contributed by atoms with Gasteiger partial charge in [0, 0.05) is 12.2 Å². The molecule has 0 amide bonds. The van der Waals surface area contributed by atoms with Crippen LogP contribution in [0.4, 0.5) is 0 Å². The molecule has 0 aliphatic heterocycles. The van der Waals surface area contributed by atoms with Crippen LogP contribution in [-0.2, 0) is 5.88 Å². The van der Waals surface area contributed by atoms with Gasteiger partial charge in [0.25, 0.3) is 0 Å². The van der Waals surface area contributed by atoms with Crippen LogP contribution >= 0.6 is 11.6 Å². The Balaban J connectivity index is 2.69. The van der Waals surface area contributed by atoms with Gasteiger partial charge in [0.15, 0.2) is 0 Å². The molecule has 0 bridgehead atoms. The summed E-state index contributed by atoms with van der Waals surface area (Å²) >= 11 is 5.89. The maximum atomic E-state index is 5.89. The smallest absolute Gasteiger partial charge is 0.0951 e. The molecule has 1 aromatic rings. The van der Waals surface area contributed by atoms with E-state index in [1.807, 2.05) is 12.5 Å². The second-order valence-electron chi connectivity index (χ2n) is 4.01. The summed E-state index contributed by atoms with van der Waals surface area (Å²) in [5.41, 5.74) is 1.14. The number of nitrogens with zero attached hydrogens (tertiary/aromatic N) is 2. The van der Waals surface area contributed by atoms with Gasteiger partial charge in [-0.3, -0.25) is 0 Å². The zero-order valence-corrected chi connectivity index (χ0v) is 10.5. The van der Waals surface area contributed by atoms with Crippen LogP contribution in [0.3, 0.4) is 0 Å². The molecule has 1 atom stereocenters. The van der Waals surface area contributed by atoms with Crippen molar-refractivity contribution in [3.63, 3.8) is 0 Å². The standard InChI is InChI=1S/C12H21ClN2/c1-3-5-7-11(6-4-2)15-10-14-9-12(15)8-13/h9-11H,3-8H2,1-2H3. The molecule has 0 aromatic carbocycles. The van der Waals surface area contributed by atoms with Gasteiger partial charge in [0.2, 0.25) is 0 Å². The normalized spacial score (nSPS) is 13.0. The van der Waals surface area contributed by atoms with Gasteiger partial charge in [-0.05, 0) is 12.8 Å². The first-order valence-electron chi connectivity index (χ1n) is 5.90. The fourth-order valence-corrected chi connectivity index (χ4v) is 2.17. The predicted octanol–water partition coefficient (Wildman–Crippen LogP) is 4.15. The van der Waals surface area contributed by atoms with Gasteiger partial charge in [0.05, 0.1) is 17.9 Å². The van der Waals surface area contributed by atoms with E-state index in [0.29, 0.717) is 11.9 Å². The van der Waals surface area contributed by atoms with Crippen LogP contribution in [0.25, 0.3) is 0 Å². The monoisotopic (exact) mass is 228 g/mol. The Morgan fingerprint density at radius 3 is 2.73 bits per heavy atom. The summed E-state index contributed by atoms with van der Waals surface area (Å²) in [4.78, 5) is 4.18. The van der Waals surface area contributed by atoms with Crippen molar-refractivity contribution in [2.24, 2.45) is 0 Å². The average molecular weight is 229 g/mol. The van der Waals surface area contributed by atoms with Crippen molar-refractivity contribution >= 4 is 11.6 Å². The highest BCUT2D eigenvalue weighted by molar-refractivity contribution is 6.16. The molecule has 1 unspecified atom stereocenters. The molecule has 0 fully saturated rings. The summed E-state index contributed by atoms with van der Waals surface area (Å²) in [6.45, 7) is 4.47.